The van der Waals surface area contributed by atoms with E-state index in [0.717, 1.165) is 97.1 Å². The monoisotopic (exact) mass is 746 g/mol. The van der Waals surface area contributed by atoms with Crippen molar-refractivity contribution in [2.24, 2.45) is 11.8 Å². The van der Waals surface area contributed by atoms with Gasteiger partial charge in [-0.1, -0.05) is 0 Å². The lowest BCUT2D eigenvalue weighted by Crippen LogP contribution is -2.59. The predicted octanol–water partition coefficient (Wildman–Crippen LogP) is 7.15. The maximum atomic E-state index is 13.9. The molecule has 5 aromatic rings. The molecule has 0 radical (unpaired) electrons. The molecule has 4 unspecified atom stereocenters. The van der Waals surface area contributed by atoms with Crippen LogP contribution in [0.1, 0.15) is 103 Å². The Labute approximate surface area is 305 Å². The zero-order chi connectivity index (χ0) is 36.2. The summed E-state index contributed by atoms with van der Waals surface area (Å²) in [6, 6.07) is 2.30. The summed E-state index contributed by atoms with van der Waals surface area (Å²) in [5.41, 5.74) is 5.68. The fourth-order valence-electron chi connectivity index (χ4n) is 8.18. The number of carbonyl (C=O) groups excluding carboxylic acids is 2. The smallest absolute Gasteiger partial charge is 0.366 e. The van der Waals surface area contributed by atoms with E-state index in [1.807, 2.05) is 25.7 Å². The third kappa shape index (κ3) is 5.62. The van der Waals surface area contributed by atoms with Gasteiger partial charge in [-0.15, -0.1) is 32.9 Å². The number of aryl methyl sites for hydroxylation is 4. The molecule has 15 heteroatoms. The van der Waals surface area contributed by atoms with E-state index in [-0.39, 0.29) is 29.8 Å². The van der Waals surface area contributed by atoms with Gasteiger partial charge in [0.1, 0.15) is 15.4 Å². The van der Waals surface area contributed by atoms with E-state index in [0.29, 0.717) is 41.4 Å². The minimum atomic E-state index is -4.49. The molecule has 4 atom stereocenters. The molecule has 2 N–H and O–H groups in total. The molecular weight excluding hydrogens is 710 g/mol. The number of halogens is 3. The van der Waals surface area contributed by atoms with Gasteiger partial charge in [0.2, 0.25) is 0 Å². The summed E-state index contributed by atoms with van der Waals surface area (Å²) in [5, 5.41) is 26.3. The molecular formula is C37H37F3N8O2S2. The van der Waals surface area contributed by atoms with Gasteiger partial charge in [0.05, 0.1) is 39.1 Å². The molecule has 1 aliphatic heterocycles. The van der Waals surface area contributed by atoms with E-state index in [1.54, 1.807) is 0 Å². The molecule has 270 valence electrons. The first-order valence-corrected chi connectivity index (χ1v) is 19.4. The number of alkyl halides is 3. The highest BCUT2D eigenvalue weighted by molar-refractivity contribution is 7.21. The number of hydrogen-bond donors (Lipinski definition) is 2. The van der Waals surface area contributed by atoms with Crippen molar-refractivity contribution in [3.63, 3.8) is 0 Å². The molecule has 3 aliphatic carbocycles. The van der Waals surface area contributed by atoms with Crippen molar-refractivity contribution in [3.8, 4) is 0 Å². The molecule has 4 fully saturated rings. The average molecular weight is 747 g/mol. The number of nitrogens with zero attached hydrogens (tertiary/aromatic N) is 6. The van der Waals surface area contributed by atoms with E-state index in [4.69, 9.17) is 0 Å². The Morgan fingerprint density at radius 2 is 1.40 bits per heavy atom. The van der Waals surface area contributed by atoms with Gasteiger partial charge in [-0.2, -0.15) is 23.4 Å². The van der Waals surface area contributed by atoms with E-state index in [2.05, 4.69) is 42.9 Å². The Morgan fingerprint density at radius 3 is 1.96 bits per heavy atom. The molecule has 3 saturated carbocycles. The first kappa shape index (κ1) is 33.6. The Balaban J connectivity index is 0.917. The van der Waals surface area contributed by atoms with Crippen LogP contribution in [0.15, 0.2) is 18.3 Å². The van der Waals surface area contributed by atoms with Crippen LogP contribution < -0.4 is 15.5 Å². The Hall–Kier alpha value is -4.24. The van der Waals surface area contributed by atoms with Crippen molar-refractivity contribution >= 4 is 60.6 Å². The Morgan fingerprint density at radius 1 is 0.788 bits per heavy atom. The summed E-state index contributed by atoms with van der Waals surface area (Å²) in [4.78, 5) is 36.3. The first-order chi connectivity index (χ1) is 24.9. The first-order valence-electron chi connectivity index (χ1n) is 17.8. The number of amides is 2. The SMILES string of the molecule is Cc1nnc2sc(C(=O)NC3CCC3C3CC3c3c(C(=O)NC4CN(c5ccc(C(F)(F)F)nc5)C4)sc4nnc(C)c(C)c34)c(C3CC3)c2c1C. The fourth-order valence-corrected chi connectivity index (χ4v) is 10.5. The second-order valence-electron chi connectivity index (χ2n) is 14.9. The average Bonchev–Trinajstić information content (AvgIpc) is 4.00. The third-order valence-electron chi connectivity index (χ3n) is 11.7. The number of fused-ring (bicyclic) bond motifs is 2. The van der Waals surface area contributed by atoms with Crippen molar-refractivity contribution in [1.29, 1.82) is 0 Å². The van der Waals surface area contributed by atoms with E-state index in [9.17, 15) is 22.8 Å². The van der Waals surface area contributed by atoms with Gasteiger partial charge < -0.3 is 15.5 Å². The highest BCUT2D eigenvalue weighted by Crippen LogP contribution is 2.60. The van der Waals surface area contributed by atoms with Gasteiger partial charge in [-0.3, -0.25) is 9.59 Å². The van der Waals surface area contributed by atoms with Crippen LogP contribution in [-0.2, 0) is 6.18 Å². The van der Waals surface area contributed by atoms with Gasteiger partial charge >= 0.3 is 6.18 Å². The highest BCUT2D eigenvalue weighted by Gasteiger charge is 2.52. The summed E-state index contributed by atoms with van der Waals surface area (Å²) in [5.74, 6) is 1.04. The van der Waals surface area contributed by atoms with Crippen molar-refractivity contribution in [3.05, 3.63) is 67.4 Å². The second-order valence-corrected chi connectivity index (χ2v) is 16.9. The number of thiophene rings is 2. The minimum absolute atomic E-state index is 0.0155. The van der Waals surface area contributed by atoms with E-state index >= 15 is 0 Å². The Bertz CT molecular complexity index is 2280. The van der Waals surface area contributed by atoms with Crippen LogP contribution in [0.25, 0.3) is 20.4 Å². The number of carbonyl (C=O) groups is 2. The molecule has 4 aliphatic rings. The standard InChI is InChI=1S/C37H37F3N8O2S2/c1-15-17(3)44-46-35-27(15)29(19-5-6-19)31(51-35)34(50)43-25-9-8-22(25)23-11-24(23)30-28-16(2)18(4)45-47-36(28)52-32(30)33(49)42-20-13-48(14-20)21-7-10-26(41-12-21)37(38,39)40/h7,10,12,19-20,22-25H,5-6,8-9,11,13-14H2,1-4H3,(H,42,49)(H,43,50). The van der Waals surface area contributed by atoms with Crippen LogP contribution in [0.3, 0.4) is 0 Å². The highest BCUT2D eigenvalue weighted by atomic mass is 32.1. The summed E-state index contributed by atoms with van der Waals surface area (Å²) >= 11 is 2.82. The molecule has 10 nitrogen and oxygen atoms in total. The minimum Gasteiger partial charge on any atom is -0.366 e. The van der Waals surface area contributed by atoms with Gasteiger partial charge in [-0.25, -0.2) is 4.98 Å². The predicted molar refractivity (Wildman–Crippen MR) is 193 cm³/mol. The lowest BCUT2D eigenvalue weighted by atomic mass is 9.75. The Kier molecular flexibility index (Phi) is 7.85. The van der Waals surface area contributed by atoms with Crippen LogP contribution in [0.2, 0.25) is 0 Å². The van der Waals surface area contributed by atoms with Crippen LogP contribution >= 0.6 is 22.7 Å². The summed E-state index contributed by atoms with van der Waals surface area (Å²) in [7, 11) is 0. The summed E-state index contributed by atoms with van der Waals surface area (Å²) < 4.78 is 38.9. The molecule has 0 spiro atoms. The molecule has 0 bridgehead atoms. The van der Waals surface area contributed by atoms with Gasteiger partial charge in [0, 0.05) is 29.9 Å². The molecule has 6 heterocycles. The number of nitrogens with one attached hydrogen (secondary N) is 2. The van der Waals surface area contributed by atoms with Gasteiger partial charge in [-0.05, 0) is 118 Å². The number of rotatable bonds is 8. The van der Waals surface area contributed by atoms with Gasteiger partial charge in [0.15, 0.2) is 0 Å². The molecule has 1 saturated heterocycles. The zero-order valence-corrected chi connectivity index (χ0v) is 30.7. The quantitative estimate of drug-likeness (QED) is 0.172. The fraction of sp³-hybridized carbons (Fsp3) is 0.486. The number of aromatic nitrogens is 5. The topological polar surface area (TPSA) is 126 Å². The largest absolute Gasteiger partial charge is 0.433 e. The van der Waals surface area contributed by atoms with Crippen molar-refractivity contribution in [2.75, 3.05) is 18.0 Å². The van der Waals surface area contributed by atoms with E-state index < -0.39 is 11.9 Å². The van der Waals surface area contributed by atoms with Crippen molar-refractivity contribution in [1.82, 2.24) is 36.0 Å². The second kappa shape index (κ2) is 12.2. The zero-order valence-electron chi connectivity index (χ0n) is 29.1. The summed E-state index contributed by atoms with van der Waals surface area (Å²) in [6.45, 7) is 8.95. The molecule has 9 rings (SSSR count). The van der Waals surface area contributed by atoms with Crippen LogP contribution in [0.5, 0.6) is 0 Å². The number of hydrogen-bond acceptors (Lipinski definition) is 10. The van der Waals surface area contributed by atoms with Crippen LogP contribution in [0, 0.1) is 39.5 Å². The van der Waals surface area contributed by atoms with Crippen molar-refractivity contribution < 1.29 is 22.8 Å². The van der Waals surface area contributed by atoms with E-state index in [1.165, 1.54) is 34.9 Å². The third-order valence-corrected chi connectivity index (χ3v) is 13.9. The lowest BCUT2D eigenvalue weighted by molar-refractivity contribution is -0.141. The maximum absolute atomic E-state index is 13.9. The maximum Gasteiger partial charge on any atom is 0.433 e. The number of pyridine rings is 1. The van der Waals surface area contributed by atoms with Crippen LogP contribution in [0.4, 0.5) is 18.9 Å². The molecule has 5 aromatic heterocycles. The lowest BCUT2D eigenvalue weighted by Gasteiger charge is -2.41. The van der Waals surface area contributed by atoms with Gasteiger partial charge in [0.25, 0.3) is 11.8 Å². The summed E-state index contributed by atoms with van der Waals surface area (Å²) in [6.07, 6.45) is 1.80. The molecule has 2 amide bonds. The molecule has 52 heavy (non-hydrogen) atoms. The van der Waals surface area contributed by atoms with Crippen molar-refractivity contribution in [2.45, 2.75) is 89.9 Å². The molecule has 0 aromatic carbocycles. The number of anilines is 1. The van der Waals surface area contributed by atoms with Crippen LogP contribution in [-0.4, -0.2) is 62.4 Å². The normalized spacial score (nSPS) is 23.1.